The van der Waals surface area contributed by atoms with Gasteiger partial charge in [-0.1, -0.05) is 31.7 Å². The van der Waals surface area contributed by atoms with E-state index in [1.165, 1.54) is 11.8 Å². The van der Waals surface area contributed by atoms with Gasteiger partial charge in [0.2, 0.25) is 5.91 Å². The quantitative estimate of drug-likeness (QED) is 0.764. The standard InChI is InChI=1S/C16H21N5OS2/c1-5-21-14(12-7-6-8-23-12)19-20-15(21)24-9-13(22)18-16(4,10-17)11(2)3/h6-8,11H,5,9H2,1-4H3,(H,18,22)/t16-/m0/s1. The SMILES string of the molecule is CCn1c(SCC(=O)N[C@@](C)(C#N)C(C)C)nnc1-c1cccs1. The van der Waals surface area contributed by atoms with Crippen LogP contribution in [0, 0.1) is 17.2 Å². The molecule has 24 heavy (non-hydrogen) atoms. The van der Waals surface area contributed by atoms with Crippen molar-refractivity contribution in [2.75, 3.05) is 5.75 Å². The number of carbonyl (C=O) groups excluding carboxylic acids is 1. The van der Waals surface area contributed by atoms with E-state index >= 15 is 0 Å². The first-order chi connectivity index (χ1) is 11.4. The van der Waals surface area contributed by atoms with Gasteiger partial charge >= 0.3 is 0 Å². The minimum absolute atomic E-state index is 0.0289. The van der Waals surface area contributed by atoms with E-state index in [4.69, 9.17) is 0 Å². The highest BCUT2D eigenvalue weighted by atomic mass is 32.2. The number of aromatic nitrogens is 3. The van der Waals surface area contributed by atoms with E-state index in [1.54, 1.807) is 18.3 Å². The van der Waals surface area contributed by atoms with Gasteiger partial charge in [-0.3, -0.25) is 4.79 Å². The summed E-state index contributed by atoms with van der Waals surface area (Å²) in [6.45, 7) is 8.32. The molecule has 0 aliphatic carbocycles. The Hall–Kier alpha value is -1.85. The monoisotopic (exact) mass is 363 g/mol. The van der Waals surface area contributed by atoms with Crippen LogP contribution in [0.25, 0.3) is 10.7 Å². The van der Waals surface area contributed by atoms with Crippen molar-refractivity contribution in [1.29, 1.82) is 5.26 Å². The lowest BCUT2D eigenvalue weighted by molar-refractivity contribution is -0.120. The van der Waals surface area contributed by atoms with Crippen LogP contribution in [-0.4, -0.2) is 32.0 Å². The third-order valence-electron chi connectivity index (χ3n) is 3.89. The van der Waals surface area contributed by atoms with Crippen LogP contribution >= 0.6 is 23.1 Å². The van der Waals surface area contributed by atoms with Gasteiger partial charge in [-0.05, 0) is 31.2 Å². The van der Waals surface area contributed by atoms with Gasteiger partial charge in [-0.25, -0.2) is 0 Å². The van der Waals surface area contributed by atoms with E-state index in [2.05, 4.69) is 21.6 Å². The van der Waals surface area contributed by atoms with Gasteiger partial charge in [0.1, 0.15) is 5.54 Å². The van der Waals surface area contributed by atoms with Crippen LogP contribution in [0.15, 0.2) is 22.7 Å². The predicted octanol–water partition coefficient (Wildman–Crippen LogP) is 3.17. The number of nitrogens with one attached hydrogen (secondary N) is 1. The lowest BCUT2D eigenvalue weighted by Crippen LogP contribution is -2.49. The summed E-state index contributed by atoms with van der Waals surface area (Å²) in [4.78, 5) is 13.2. The van der Waals surface area contributed by atoms with E-state index in [9.17, 15) is 10.1 Å². The first-order valence-corrected chi connectivity index (χ1v) is 9.60. The maximum atomic E-state index is 12.2. The molecule has 1 atom stereocenters. The molecule has 8 heteroatoms. The summed E-state index contributed by atoms with van der Waals surface area (Å²) in [6, 6.07) is 6.16. The van der Waals surface area contributed by atoms with Crippen molar-refractivity contribution in [1.82, 2.24) is 20.1 Å². The Labute approximate surface area is 150 Å². The summed E-state index contributed by atoms with van der Waals surface area (Å²) in [5.74, 6) is 0.869. The van der Waals surface area contributed by atoms with E-state index in [0.29, 0.717) is 5.16 Å². The average Bonchev–Trinajstić information content (AvgIpc) is 3.21. The van der Waals surface area contributed by atoms with Crippen LogP contribution in [0.3, 0.4) is 0 Å². The van der Waals surface area contributed by atoms with E-state index in [-0.39, 0.29) is 17.6 Å². The summed E-state index contributed by atoms with van der Waals surface area (Å²) in [5, 5.41) is 23.2. The van der Waals surface area contributed by atoms with Crippen molar-refractivity contribution >= 4 is 29.0 Å². The van der Waals surface area contributed by atoms with Crippen LogP contribution in [0.4, 0.5) is 0 Å². The molecule has 0 aliphatic heterocycles. The second-order valence-electron chi connectivity index (χ2n) is 5.83. The van der Waals surface area contributed by atoms with Gasteiger partial charge in [-0.15, -0.1) is 21.5 Å². The third kappa shape index (κ3) is 3.97. The maximum absolute atomic E-state index is 12.2. The molecule has 0 unspecified atom stereocenters. The largest absolute Gasteiger partial charge is 0.337 e. The predicted molar refractivity (Wildman–Crippen MR) is 96.7 cm³/mol. The maximum Gasteiger partial charge on any atom is 0.231 e. The van der Waals surface area contributed by atoms with Gasteiger partial charge in [0.25, 0.3) is 0 Å². The van der Waals surface area contributed by atoms with Crippen LogP contribution in [0.1, 0.15) is 27.7 Å². The van der Waals surface area contributed by atoms with Gasteiger partial charge in [0.05, 0.1) is 16.7 Å². The molecule has 0 saturated carbocycles. The summed E-state index contributed by atoms with van der Waals surface area (Å²) in [6.07, 6.45) is 0. The molecule has 2 aromatic heterocycles. The Bertz CT molecular complexity index is 732. The van der Waals surface area contributed by atoms with Gasteiger partial charge < -0.3 is 9.88 Å². The van der Waals surface area contributed by atoms with E-state index in [0.717, 1.165) is 17.2 Å². The number of nitrogens with zero attached hydrogens (tertiary/aromatic N) is 4. The van der Waals surface area contributed by atoms with Crippen molar-refractivity contribution in [3.8, 4) is 16.8 Å². The number of thiophene rings is 1. The molecule has 1 amide bonds. The van der Waals surface area contributed by atoms with Gasteiger partial charge in [0.15, 0.2) is 11.0 Å². The molecule has 0 fully saturated rings. The molecular formula is C16H21N5OS2. The molecule has 0 radical (unpaired) electrons. The third-order valence-corrected chi connectivity index (χ3v) is 5.73. The van der Waals surface area contributed by atoms with E-state index < -0.39 is 5.54 Å². The Morgan fingerprint density at radius 2 is 2.29 bits per heavy atom. The smallest absolute Gasteiger partial charge is 0.231 e. The van der Waals surface area contributed by atoms with Crippen molar-refractivity contribution in [3.63, 3.8) is 0 Å². The fourth-order valence-corrected chi connectivity index (χ4v) is 3.55. The summed E-state index contributed by atoms with van der Waals surface area (Å²) in [7, 11) is 0. The minimum Gasteiger partial charge on any atom is -0.337 e. The molecule has 2 rings (SSSR count). The fraction of sp³-hybridized carbons (Fsp3) is 0.500. The zero-order valence-electron chi connectivity index (χ0n) is 14.2. The van der Waals surface area contributed by atoms with Crippen LogP contribution in [0.2, 0.25) is 0 Å². The van der Waals surface area contributed by atoms with Crippen molar-refractivity contribution in [2.45, 2.75) is 44.9 Å². The molecule has 6 nitrogen and oxygen atoms in total. The van der Waals surface area contributed by atoms with Crippen molar-refractivity contribution in [2.24, 2.45) is 5.92 Å². The van der Waals surface area contributed by atoms with Crippen LogP contribution in [0.5, 0.6) is 0 Å². The van der Waals surface area contributed by atoms with E-state index in [1.807, 2.05) is 42.9 Å². The normalized spacial score (nSPS) is 13.5. The molecule has 0 spiro atoms. The molecule has 0 aromatic carbocycles. The van der Waals surface area contributed by atoms with Crippen molar-refractivity contribution < 1.29 is 4.79 Å². The second kappa shape index (κ2) is 7.81. The average molecular weight is 364 g/mol. The molecule has 0 bridgehead atoms. The second-order valence-corrected chi connectivity index (χ2v) is 7.72. The molecule has 128 valence electrons. The number of carbonyl (C=O) groups is 1. The molecular weight excluding hydrogens is 342 g/mol. The number of rotatable bonds is 7. The number of amides is 1. The van der Waals surface area contributed by atoms with Crippen LogP contribution < -0.4 is 5.32 Å². The molecule has 0 saturated heterocycles. The summed E-state index contributed by atoms with van der Waals surface area (Å²) >= 11 is 2.94. The Kier molecular flexibility index (Phi) is 6.02. The number of nitriles is 1. The zero-order valence-corrected chi connectivity index (χ0v) is 15.9. The number of thioether (sulfide) groups is 1. The van der Waals surface area contributed by atoms with Gasteiger partial charge in [-0.2, -0.15) is 5.26 Å². The Morgan fingerprint density at radius 1 is 1.54 bits per heavy atom. The lowest BCUT2D eigenvalue weighted by atomic mass is 9.90. The first-order valence-electron chi connectivity index (χ1n) is 7.73. The first kappa shape index (κ1) is 18.5. The molecule has 2 aromatic rings. The number of hydrogen-bond acceptors (Lipinski definition) is 6. The zero-order chi connectivity index (χ0) is 17.7. The molecule has 2 heterocycles. The highest BCUT2D eigenvalue weighted by molar-refractivity contribution is 7.99. The molecule has 0 aliphatic rings. The molecule has 1 N–H and O–H groups in total. The highest BCUT2D eigenvalue weighted by Crippen LogP contribution is 2.27. The lowest BCUT2D eigenvalue weighted by Gasteiger charge is -2.27. The van der Waals surface area contributed by atoms with Gasteiger partial charge in [0, 0.05) is 6.54 Å². The number of hydrogen-bond donors (Lipinski definition) is 1. The van der Waals surface area contributed by atoms with Crippen LogP contribution in [-0.2, 0) is 11.3 Å². The fourth-order valence-electron chi connectivity index (χ4n) is 2.03. The highest BCUT2D eigenvalue weighted by Gasteiger charge is 2.30. The Morgan fingerprint density at radius 3 is 2.83 bits per heavy atom. The summed E-state index contributed by atoms with van der Waals surface area (Å²) in [5.41, 5.74) is -0.863. The topological polar surface area (TPSA) is 83.6 Å². The Balaban J connectivity index is 2.05. The van der Waals surface area contributed by atoms with Crippen molar-refractivity contribution in [3.05, 3.63) is 17.5 Å². The minimum atomic E-state index is -0.863. The summed E-state index contributed by atoms with van der Waals surface area (Å²) < 4.78 is 2.00.